The molecule has 74 valence electrons. The summed E-state index contributed by atoms with van der Waals surface area (Å²) in [5.41, 5.74) is 1.58. The first-order valence-corrected chi connectivity index (χ1v) is 4.77. The van der Waals surface area contributed by atoms with Gasteiger partial charge in [0.15, 0.2) is 6.29 Å². The Morgan fingerprint density at radius 3 is 2.71 bits per heavy atom. The molecule has 1 aliphatic heterocycles. The molecule has 0 amide bonds. The van der Waals surface area contributed by atoms with Gasteiger partial charge in [0, 0.05) is 26.2 Å². The van der Waals surface area contributed by atoms with Crippen molar-refractivity contribution >= 4 is 12.0 Å². The van der Waals surface area contributed by atoms with Gasteiger partial charge in [0.25, 0.3) is 0 Å². The standard InChI is InChI=1S/C10H13N3O/c14-8-9-1-2-10(7-12-9)13-5-3-11-4-6-13/h1-2,7-8,11H,3-6H2. The van der Waals surface area contributed by atoms with E-state index in [9.17, 15) is 4.79 Å². The monoisotopic (exact) mass is 191 g/mol. The maximum atomic E-state index is 10.4. The van der Waals surface area contributed by atoms with Crippen LogP contribution in [-0.4, -0.2) is 37.4 Å². The quantitative estimate of drug-likeness (QED) is 0.683. The molecule has 0 saturated carbocycles. The number of carbonyl (C=O) groups is 1. The summed E-state index contributed by atoms with van der Waals surface area (Å²) in [4.78, 5) is 16.7. The number of hydrogen-bond acceptors (Lipinski definition) is 4. The maximum absolute atomic E-state index is 10.4. The predicted octanol–water partition coefficient (Wildman–Crippen LogP) is 0.304. The second kappa shape index (κ2) is 4.19. The lowest BCUT2D eigenvalue weighted by molar-refractivity contribution is 0.111. The SMILES string of the molecule is O=Cc1ccc(N2CCNCC2)cn1. The molecule has 1 fully saturated rings. The Hall–Kier alpha value is -1.42. The number of pyridine rings is 1. The van der Waals surface area contributed by atoms with Crippen LogP contribution in [0.2, 0.25) is 0 Å². The number of rotatable bonds is 2. The van der Waals surface area contributed by atoms with E-state index < -0.39 is 0 Å². The van der Waals surface area contributed by atoms with E-state index in [1.165, 1.54) is 0 Å². The highest BCUT2D eigenvalue weighted by atomic mass is 16.1. The highest BCUT2D eigenvalue weighted by Crippen LogP contribution is 2.12. The maximum Gasteiger partial charge on any atom is 0.168 e. The Morgan fingerprint density at radius 2 is 2.14 bits per heavy atom. The summed E-state index contributed by atoms with van der Waals surface area (Å²) in [5.74, 6) is 0. The normalized spacial score (nSPS) is 16.7. The van der Waals surface area contributed by atoms with Gasteiger partial charge in [-0.25, -0.2) is 0 Å². The van der Waals surface area contributed by atoms with Gasteiger partial charge in [0.1, 0.15) is 5.69 Å². The largest absolute Gasteiger partial charge is 0.368 e. The molecule has 0 spiro atoms. The van der Waals surface area contributed by atoms with Crippen LogP contribution >= 0.6 is 0 Å². The minimum absolute atomic E-state index is 0.490. The van der Waals surface area contributed by atoms with Crippen LogP contribution in [0.25, 0.3) is 0 Å². The molecule has 0 unspecified atom stereocenters. The smallest absolute Gasteiger partial charge is 0.168 e. The van der Waals surface area contributed by atoms with Crippen LogP contribution in [0, 0.1) is 0 Å². The lowest BCUT2D eigenvalue weighted by Crippen LogP contribution is -2.43. The van der Waals surface area contributed by atoms with Crippen molar-refractivity contribution in [3.63, 3.8) is 0 Å². The van der Waals surface area contributed by atoms with Crippen molar-refractivity contribution in [2.75, 3.05) is 31.1 Å². The molecule has 0 radical (unpaired) electrons. The van der Waals surface area contributed by atoms with Gasteiger partial charge in [-0.15, -0.1) is 0 Å². The van der Waals surface area contributed by atoms with E-state index in [2.05, 4.69) is 15.2 Å². The van der Waals surface area contributed by atoms with E-state index in [4.69, 9.17) is 0 Å². The molecule has 4 heteroatoms. The Balaban J connectivity index is 2.11. The van der Waals surface area contributed by atoms with Crippen LogP contribution in [0.4, 0.5) is 5.69 Å². The Labute approximate surface area is 82.9 Å². The summed E-state index contributed by atoms with van der Waals surface area (Å²) in [6.45, 7) is 4.02. The molecular formula is C10H13N3O. The van der Waals surface area contributed by atoms with Gasteiger partial charge >= 0.3 is 0 Å². The molecule has 1 aliphatic rings. The van der Waals surface area contributed by atoms with Crippen LogP contribution in [0.15, 0.2) is 18.3 Å². The van der Waals surface area contributed by atoms with Crippen LogP contribution in [0.5, 0.6) is 0 Å². The van der Waals surface area contributed by atoms with E-state index in [-0.39, 0.29) is 0 Å². The number of nitrogens with zero attached hydrogens (tertiary/aromatic N) is 2. The van der Waals surface area contributed by atoms with Crippen molar-refractivity contribution in [2.24, 2.45) is 0 Å². The van der Waals surface area contributed by atoms with Crippen LogP contribution in [0.3, 0.4) is 0 Å². The summed E-state index contributed by atoms with van der Waals surface area (Å²) in [6.07, 6.45) is 2.52. The Kier molecular flexibility index (Phi) is 2.74. The summed E-state index contributed by atoms with van der Waals surface area (Å²) < 4.78 is 0. The molecule has 0 aromatic carbocycles. The lowest BCUT2D eigenvalue weighted by Gasteiger charge is -2.29. The van der Waals surface area contributed by atoms with Crippen molar-refractivity contribution in [1.82, 2.24) is 10.3 Å². The van der Waals surface area contributed by atoms with E-state index >= 15 is 0 Å². The molecule has 1 N–H and O–H groups in total. The highest BCUT2D eigenvalue weighted by Gasteiger charge is 2.09. The van der Waals surface area contributed by atoms with E-state index in [1.54, 1.807) is 12.3 Å². The first kappa shape index (κ1) is 9.15. The zero-order valence-corrected chi connectivity index (χ0v) is 7.94. The fourth-order valence-electron chi connectivity index (χ4n) is 1.58. The average molecular weight is 191 g/mol. The fourth-order valence-corrected chi connectivity index (χ4v) is 1.58. The molecular weight excluding hydrogens is 178 g/mol. The molecule has 0 bridgehead atoms. The first-order chi connectivity index (χ1) is 6.90. The van der Waals surface area contributed by atoms with Crippen molar-refractivity contribution < 1.29 is 4.79 Å². The van der Waals surface area contributed by atoms with Gasteiger partial charge in [-0.1, -0.05) is 0 Å². The molecule has 2 heterocycles. The number of piperazine rings is 1. The van der Waals surface area contributed by atoms with E-state index in [0.29, 0.717) is 5.69 Å². The van der Waals surface area contributed by atoms with Gasteiger partial charge in [-0.2, -0.15) is 0 Å². The molecule has 1 aromatic rings. The first-order valence-electron chi connectivity index (χ1n) is 4.77. The van der Waals surface area contributed by atoms with E-state index in [1.807, 2.05) is 6.07 Å². The summed E-state index contributed by atoms with van der Waals surface area (Å²) >= 11 is 0. The van der Waals surface area contributed by atoms with Crippen molar-refractivity contribution in [2.45, 2.75) is 0 Å². The van der Waals surface area contributed by atoms with Crippen molar-refractivity contribution in [3.05, 3.63) is 24.0 Å². The minimum Gasteiger partial charge on any atom is -0.368 e. The third-order valence-corrected chi connectivity index (χ3v) is 2.37. The van der Waals surface area contributed by atoms with Crippen molar-refractivity contribution in [1.29, 1.82) is 0 Å². The molecule has 14 heavy (non-hydrogen) atoms. The lowest BCUT2D eigenvalue weighted by atomic mass is 10.3. The molecule has 0 aliphatic carbocycles. The van der Waals surface area contributed by atoms with Gasteiger partial charge in [-0.3, -0.25) is 9.78 Å². The molecule has 1 aromatic heterocycles. The highest BCUT2D eigenvalue weighted by molar-refractivity contribution is 5.72. The number of carbonyl (C=O) groups excluding carboxylic acids is 1. The van der Waals surface area contributed by atoms with Crippen LogP contribution in [-0.2, 0) is 0 Å². The van der Waals surface area contributed by atoms with Crippen LogP contribution < -0.4 is 10.2 Å². The van der Waals surface area contributed by atoms with E-state index in [0.717, 1.165) is 38.2 Å². The third-order valence-electron chi connectivity index (χ3n) is 2.37. The number of aldehydes is 1. The summed E-state index contributed by atoms with van der Waals surface area (Å²) in [5, 5.41) is 3.29. The minimum atomic E-state index is 0.490. The Morgan fingerprint density at radius 1 is 1.36 bits per heavy atom. The molecule has 4 nitrogen and oxygen atoms in total. The third kappa shape index (κ3) is 1.90. The van der Waals surface area contributed by atoms with Gasteiger partial charge < -0.3 is 10.2 Å². The van der Waals surface area contributed by atoms with Crippen molar-refractivity contribution in [3.8, 4) is 0 Å². The Bertz CT molecular complexity index is 304. The van der Waals surface area contributed by atoms with Crippen LogP contribution in [0.1, 0.15) is 10.5 Å². The number of hydrogen-bond donors (Lipinski definition) is 1. The topological polar surface area (TPSA) is 45.2 Å². The second-order valence-electron chi connectivity index (χ2n) is 3.30. The molecule has 1 saturated heterocycles. The molecule has 0 atom stereocenters. The molecule has 2 rings (SSSR count). The fraction of sp³-hybridized carbons (Fsp3) is 0.400. The number of anilines is 1. The summed E-state index contributed by atoms with van der Waals surface area (Å²) in [7, 11) is 0. The second-order valence-corrected chi connectivity index (χ2v) is 3.30. The summed E-state index contributed by atoms with van der Waals surface area (Å²) in [6, 6.07) is 3.70. The van der Waals surface area contributed by atoms with Gasteiger partial charge in [0.05, 0.1) is 11.9 Å². The number of aromatic nitrogens is 1. The van der Waals surface area contributed by atoms with Gasteiger partial charge in [-0.05, 0) is 12.1 Å². The predicted molar refractivity (Wildman–Crippen MR) is 54.7 cm³/mol. The zero-order chi connectivity index (χ0) is 9.80. The number of nitrogens with one attached hydrogen (secondary N) is 1. The van der Waals surface area contributed by atoms with Gasteiger partial charge in [0.2, 0.25) is 0 Å². The zero-order valence-electron chi connectivity index (χ0n) is 7.94. The average Bonchev–Trinajstić information content (AvgIpc) is 2.30.